The number of aryl methyl sites for hydroxylation is 1. The molecule has 2 aromatic carbocycles. The Morgan fingerprint density at radius 2 is 1.81 bits per heavy atom. The normalized spacial score (nSPS) is 10.2. The first-order chi connectivity index (χ1) is 10.0. The Hall–Kier alpha value is -2.62. The fourth-order valence-electron chi connectivity index (χ4n) is 1.98. The molecule has 0 radical (unpaired) electrons. The average molecular weight is 283 g/mol. The highest BCUT2D eigenvalue weighted by Gasteiger charge is 2.11. The molecule has 4 nitrogen and oxygen atoms in total. The highest BCUT2D eigenvalue weighted by molar-refractivity contribution is 6.06. The second-order valence-electron chi connectivity index (χ2n) is 4.80. The van der Waals surface area contributed by atoms with Crippen molar-refractivity contribution in [3.8, 4) is 5.75 Å². The summed E-state index contributed by atoms with van der Waals surface area (Å²) in [5, 5.41) is 12.5. The summed E-state index contributed by atoms with van der Waals surface area (Å²) in [7, 11) is 0. The van der Waals surface area contributed by atoms with E-state index in [2.05, 4.69) is 5.32 Å². The van der Waals surface area contributed by atoms with Crippen molar-refractivity contribution in [3.63, 3.8) is 0 Å². The molecule has 0 aliphatic rings. The summed E-state index contributed by atoms with van der Waals surface area (Å²) in [5.74, 6) is -0.439. The number of carbonyl (C=O) groups excluding carboxylic acids is 2. The lowest BCUT2D eigenvalue weighted by Crippen LogP contribution is -2.13. The molecule has 0 unspecified atom stereocenters. The summed E-state index contributed by atoms with van der Waals surface area (Å²) in [5.41, 5.74) is 2.24. The van der Waals surface area contributed by atoms with E-state index in [9.17, 15) is 14.7 Å². The number of anilines is 1. The number of aromatic hydroxyl groups is 1. The highest BCUT2D eigenvalue weighted by atomic mass is 16.3. The van der Waals surface area contributed by atoms with Crippen LogP contribution in [0.2, 0.25) is 0 Å². The summed E-state index contributed by atoms with van der Waals surface area (Å²) < 4.78 is 0. The van der Waals surface area contributed by atoms with E-state index in [-0.39, 0.29) is 17.4 Å². The second-order valence-corrected chi connectivity index (χ2v) is 4.80. The number of hydrogen-bond donors (Lipinski definition) is 2. The van der Waals surface area contributed by atoms with Crippen molar-refractivity contribution in [1.29, 1.82) is 0 Å². The summed E-state index contributed by atoms with van der Waals surface area (Å²) >= 11 is 0. The van der Waals surface area contributed by atoms with Gasteiger partial charge in [-0.15, -0.1) is 0 Å². The number of Topliss-reactive ketones (excluding diaryl/α,β-unsaturated/α-hetero) is 1. The quantitative estimate of drug-likeness (QED) is 0.667. The van der Waals surface area contributed by atoms with Crippen molar-refractivity contribution in [1.82, 2.24) is 0 Å². The number of phenols is 1. The Kier molecular flexibility index (Phi) is 4.38. The van der Waals surface area contributed by atoms with E-state index in [0.717, 1.165) is 12.0 Å². The second kappa shape index (κ2) is 6.22. The lowest BCUT2D eigenvalue weighted by atomic mass is 10.1. The first-order valence-corrected chi connectivity index (χ1v) is 6.75. The average Bonchev–Trinajstić information content (AvgIpc) is 2.49. The molecule has 0 heterocycles. The lowest BCUT2D eigenvalue weighted by molar-refractivity contribution is 0.101. The molecule has 0 spiro atoms. The molecule has 2 aromatic rings. The van der Waals surface area contributed by atoms with Gasteiger partial charge in [0.2, 0.25) is 0 Å². The van der Waals surface area contributed by atoms with Crippen LogP contribution in [0.4, 0.5) is 5.69 Å². The van der Waals surface area contributed by atoms with Crippen LogP contribution in [0.15, 0.2) is 42.5 Å². The molecule has 0 saturated carbocycles. The van der Waals surface area contributed by atoms with Gasteiger partial charge in [0.15, 0.2) is 5.78 Å². The maximum absolute atomic E-state index is 12.2. The number of carbonyl (C=O) groups is 2. The van der Waals surface area contributed by atoms with Crippen molar-refractivity contribution < 1.29 is 14.7 Å². The zero-order valence-electron chi connectivity index (χ0n) is 12.0. The van der Waals surface area contributed by atoms with Crippen LogP contribution in [0.1, 0.15) is 40.1 Å². The smallest absolute Gasteiger partial charge is 0.255 e. The maximum atomic E-state index is 12.2. The Bertz CT molecular complexity index is 692. The fourth-order valence-corrected chi connectivity index (χ4v) is 1.98. The number of rotatable bonds is 4. The monoisotopic (exact) mass is 283 g/mol. The van der Waals surface area contributed by atoms with Gasteiger partial charge in [0.25, 0.3) is 5.91 Å². The molecule has 0 saturated heterocycles. The molecule has 4 heteroatoms. The number of amides is 1. The van der Waals surface area contributed by atoms with Crippen molar-refractivity contribution in [2.45, 2.75) is 20.3 Å². The third kappa shape index (κ3) is 3.48. The van der Waals surface area contributed by atoms with Crippen LogP contribution in [-0.2, 0) is 6.42 Å². The number of phenolic OH excluding ortho intramolecular Hbond substituents is 1. The van der Waals surface area contributed by atoms with Gasteiger partial charge >= 0.3 is 0 Å². The van der Waals surface area contributed by atoms with E-state index in [0.29, 0.717) is 16.8 Å². The van der Waals surface area contributed by atoms with Gasteiger partial charge in [-0.25, -0.2) is 0 Å². The molecule has 0 fully saturated rings. The van der Waals surface area contributed by atoms with Crippen molar-refractivity contribution in [3.05, 3.63) is 59.2 Å². The van der Waals surface area contributed by atoms with Crippen LogP contribution in [0.3, 0.4) is 0 Å². The zero-order chi connectivity index (χ0) is 15.4. The summed E-state index contributed by atoms with van der Waals surface area (Å²) in [4.78, 5) is 23.6. The number of nitrogens with one attached hydrogen (secondary N) is 1. The predicted octanol–water partition coefficient (Wildman–Crippen LogP) is 3.41. The van der Waals surface area contributed by atoms with Gasteiger partial charge < -0.3 is 10.4 Å². The van der Waals surface area contributed by atoms with Crippen LogP contribution in [0.5, 0.6) is 5.75 Å². The minimum Gasteiger partial charge on any atom is -0.506 e. The predicted molar refractivity (Wildman–Crippen MR) is 81.9 cm³/mol. The first kappa shape index (κ1) is 14.8. The van der Waals surface area contributed by atoms with Crippen LogP contribution in [0.25, 0.3) is 0 Å². The van der Waals surface area contributed by atoms with Crippen molar-refractivity contribution >= 4 is 17.4 Å². The molecular weight excluding hydrogens is 266 g/mol. The van der Waals surface area contributed by atoms with Crippen molar-refractivity contribution in [2.24, 2.45) is 0 Å². The first-order valence-electron chi connectivity index (χ1n) is 6.75. The number of hydrogen-bond acceptors (Lipinski definition) is 3. The molecule has 2 rings (SSSR count). The van der Waals surface area contributed by atoms with E-state index in [1.165, 1.54) is 6.92 Å². The van der Waals surface area contributed by atoms with Crippen LogP contribution in [0, 0.1) is 0 Å². The molecular formula is C17H17NO3. The third-order valence-electron chi connectivity index (χ3n) is 3.25. The Labute approximate surface area is 123 Å². The Balaban J connectivity index is 2.25. The molecule has 0 bridgehead atoms. The minimum absolute atomic E-state index is 0.0169. The van der Waals surface area contributed by atoms with Gasteiger partial charge in [0.05, 0.1) is 5.69 Å². The Morgan fingerprint density at radius 3 is 2.48 bits per heavy atom. The molecule has 0 aliphatic heterocycles. The molecule has 2 N–H and O–H groups in total. The lowest BCUT2D eigenvalue weighted by Gasteiger charge is -2.09. The Morgan fingerprint density at radius 1 is 1.10 bits per heavy atom. The van der Waals surface area contributed by atoms with E-state index in [1.807, 2.05) is 6.92 Å². The van der Waals surface area contributed by atoms with Crippen LogP contribution >= 0.6 is 0 Å². The third-order valence-corrected chi connectivity index (χ3v) is 3.25. The van der Waals surface area contributed by atoms with Crippen molar-refractivity contribution in [2.75, 3.05) is 5.32 Å². The standard InChI is InChI=1S/C17H17NO3/c1-3-12-7-8-16(20)15(9-12)18-17(21)14-6-4-5-13(10-14)11(2)19/h4-10,20H,3H2,1-2H3,(H,18,21). The van der Waals surface area contributed by atoms with E-state index in [4.69, 9.17) is 0 Å². The SMILES string of the molecule is CCc1ccc(O)c(NC(=O)c2cccc(C(C)=O)c2)c1. The van der Waals surface area contributed by atoms with Gasteiger partial charge in [0.1, 0.15) is 5.75 Å². The zero-order valence-corrected chi connectivity index (χ0v) is 12.0. The number of ketones is 1. The topological polar surface area (TPSA) is 66.4 Å². The van der Waals surface area contributed by atoms with Gasteiger partial charge in [-0.3, -0.25) is 9.59 Å². The van der Waals surface area contributed by atoms with Gasteiger partial charge in [-0.2, -0.15) is 0 Å². The van der Waals surface area contributed by atoms with E-state index >= 15 is 0 Å². The van der Waals surface area contributed by atoms with Gasteiger partial charge in [-0.1, -0.05) is 25.1 Å². The molecule has 1 amide bonds. The summed E-state index contributed by atoms with van der Waals surface area (Å²) in [6, 6.07) is 11.6. The largest absolute Gasteiger partial charge is 0.506 e. The maximum Gasteiger partial charge on any atom is 0.255 e. The summed E-state index contributed by atoms with van der Waals surface area (Å²) in [6.07, 6.45) is 0.809. The molecule has 21 heavy (non-hydrogen) atoms. The molecule has 108 valence electrons. The summed E-state index contributed by atoms with van der Waals surface area (Å²) in [6.45, 7) is 3.45. The molecule has 0 atom stereocenters. The highest BCUT2D eigenvalue weighted by Crippen LogP contribution is 2.25. The van der Waals surface area contributed by atoms with Crippen LogP contribution in [-0.4, -0.2) is 16.8 Å². The van der Waals surface area contributed by atoms with Gasteiger partial charge in [-0.05, 0) is 43.2 Å². The van der Waals surface area contributed by atoms with E-state index in [1.54, 1.807) is 42.5 Å². The molecule has 0 aliphatic carbocycles. The molecule has 0 aromatic heterocycles. The van der Waals surface area contributed by atoms with Crippen LogP contribution < -0.4 is 5.32 Å². The van der Waals surface area contributed by atoms with Gasteiger partial charge in [0, 0.05) is 11.1 Å². The fraction of sp³-hybridized carbons (Fsp3) is 0.176. The number of benzene rings is 2. The minimum atomic E-state index is -0.360. The van der Waals surface area contributed by atoms with E-state index < -0.39 is 0 Å².